The number of rotatable bonds is 7. The Bertz CT molecular complexity index is 706. The van der Waals surface area contributed by atoms with Gasteiger partial charge in [-0.05, 0) is 46.1 Å². The molecule has 2 rings (SSSR count). The highest BCUT2D eigenvalue weighted by Crippen LogP contribution is 2.23. The zero-order valence-electron chi connectivity index (χ0n) is 13.8. The fourth-order valence-corrected chi connectivity index (χ4v) is 2.09. The van der Waals surface area contributed by atoms with E-state index in [1.165, 1.54) is 0 Å². The molecular weight excluding hydrogens is 319 g/mol. The second-order valence-electron chi connectivity index (χ2n) is 5.62. The van der Waals surface area contributed by atoms with Gasteiger partial charge in [-0.2, -0.15) is 0 Å². The number of halogens is 3. The van der Waals surface area contributed by atoms with Crippen molar-refractivity contribution in [2.24, 2.45) is 0 Å². The number of hydrogen-bond donors (Lipinski definition) is 2. The Morgan fingerprint density at radius 2 is 1.75 bits per heavy atom. The number of benzene rings is 1. The zero-order chi connectivity index (χ0) is 17.7. The summed E-state index contributed by atoms with van der Waals surface area (Å²) in [5.74, 6) is -2.70. The van der Waals surface area contributed by atoms with Gasteiger partial charge in [0.05, 0.1) is 5.69 Å². The van der Waals surface area contributed by atoms with E-state index in [-0.39, 0.29) is 5.69 Å². The maximum atomic E-state index is 13.7. The van der Waals surface area contributed by atoms with Crippen molar-refractivity contribution >= 4 is 17.3 Å². The maximum Gasteiger partial charge on any atom is 0.196 e. The summed E-state index contributed by atoms with van der Waals surface area (Å²) in [4.78, 5) is 10.4. The molecular formula is C16H20F3N5. The smallest absolute Gasteiger partial charge is 0.196 e. The predicted molar refractivity (Wildman–Crippen MR) is 88.0 cm³/mol. The molecule has 0 saturated carbocycles. The van der Waals surface area contributed by atoms with E-state index < -0.39 is 17.5 Å². The lowest BCUT2D eigenvalue weighted by Gasteiger charge is -2.12. The van der Waals surface area contributed by atoms with Crippen molar-refractivity contribution in [2.75, 3.05) is 37.8 Å². The van der Waals surface area contributed by atoms with Gasteiger partial charge >= 0.3 is 0 Å². The third kappa shape index (κ3) is 4.82. The highest BCUT2D eigenvalue weighted by molar-refractivity contribution is 5.60. The van der Waals surface area contributed by atoms with Crippen LogP contribution in [0, 0.1) is 24.4 Å². The van der Waals surface area contributed by atoms with Gasteiger partial charge in [0.15, 0.2) is 17.5 Å². The Labute approximate surface area is 138 Å². The van der Waals surface area contributed by atoms with Crippen LogP contribution in [0.15, 0.2) is 18.2 Å². The van der Waals surface area contributed by atoms with Crippen LogP contribution in [-0.2, 0) is 0 Å². The number of hydrogen-bond acceptors (Lipinski definition) is 5. The third-order valence-corrected chi connectivity index (χ3v) is 3.22. The lowest BCUT2D eigenvalue weighted by molar-refractivity contribution is 0.405. The van der Waals surface area contributed by atoms with Crippen molar-refractivity contribution in [2.45, 2.75) is 13.3 Å². The van der Waals surface area contributed by atoms with E-state index in [1.54, 1.807) is 13.0 Å². The number of nitrogens with zero attached hydrogens (tertiary/aromatic N) is 3. The number of aryl methyl sites for hydroxylation is 1. The molecule has 0 spiro atoms. The Hall–Kier alpha value is -2.35. The first kappa shape index (κ1) is 18.0. The molecule has 0 unspecified atom stereocenters. The fraction of sp³-hybridized carbons (Fsp3) is 0.375. The van der Waals surface area contributed by atoms with Crippen LogP contribution < -0.4 is 10.6 Å². The molecule has 0 aliphatic carbocycles. The maximum absolute atomic E-state index is 13.7. The molecule has 1 heterocycles. The van der Waals surface area contributed by atoms with Crippen LogP contribution in [0.4, 0.5) is 30.5 Å². The van der Waals surface area contributed by atoms with Gasteiger partial charge in [-0.25, -0.2) is 23.1 Å². The molecule has 2 N–H and O–H groups in total. The van der Waals surface area contributed by atoms with Crippen molar-refractivity contribution in [3.05, 3.63) is 41.5 Å². The Kier molecular flexibility index (Phi) is 5.97. The summed E-state index contributed by atoms with van der Waals surface area (Å²) in [5, 5.41) is 5.81. The Balaban J connectivity index is 2.10. The molecule has 1 aromatic carbocycles. The van der Waals surface area contributed by atoms with Crippen LogP contribution in [0.1, 0.15) is 12.2 Å². The largest absolute Gasteiger partial charge is 0.370 e. The molecule has 0 saturated heterocycles. The quantitative estimate of drug-likeness (QED) is 0.599. The molecule has 2 aromatic rings. The number of anilines is 3. The molecule has 8 heteroatoms. The molecule has 0 radical (unpaired) electrons. The van der Waals surface area contributed by atoms with Crippen molar-refractivity contribution in [1.29, 1.82) is 0 Å². The van der Waals surface area contributed by atoms with E-state index in [0.29, 0.717) is 24.0 Å². The average molecular weight is 339 g/mol. The molecule has 0 atom stereocenters. The predicted octanol–water partition coefficient (Wildman–Crippen LogP) is 3.31. The highest BCUT2D eigenvalue weighted by atomic mass is 19.2. The zero-order valence-corrected chi connectivity index (χ0v) is 13.8. The summed E-state index contributed by atoms with van der Waals surface area (Å²) in [6.45, 7) is 3.34. The lowest BCUT2D eigenvalue weighted by atomic mass is 10.2. The van der Waals surface area contributed by atoms with E-state index in [1.807, 2.05) is 14.1 Å². The van der Waals surface area contributed by atoms with E-state index in [9.17, 15) is 13.2 Å². The van der Waals surface area contributed by atoms with E-state index in [0.717, 1.165) is 25.1 Å². The monoisotopic (exact) mass is 339 g/mol. The molecule has 0 amide bonds. The van der Waals surface area contributed by atoms with Gasteiger partial charge in [0, 0.05) is 12.6 Å². The van der Waals surface area contributed by atoms with Crippen LogP contribution in [0.5, 0.6) is 0 Å². The van der Waals surface area contributed by atoms with E-state index >= 15 is 0 Å². The first-order valence-corrected chi connectivity index (χ1v) is 7.51. The van der Waals surface area contributed by atoms with Crippen LogP contribution >= 0.6 is 0 Å². The summed E-state index contributed by atoms with van der Waals surface area (Å²) in [6, 6.07) is 3.56. The lowest BCUT2D eigenvalue weighted by Crippen LogP contribution is -2.16. The van der Waals surface area contributed by atoms with Crippen molar-refractivity contribution < 1.29 is 13.2 Å². The second-order valence-corrected chi connectivity index (χ2v) is 5.62. The van der Waals surface area contributed by atoms with Crippen molar-refractivity contribution in [3.63, 3.8) is 0 Å². The van der Waals surface area contributed by atoms with Crippen LogP contribution in [0.3, 0.4) is 0 Å². The van der Waals surface area contributed by atoms with Crippen LogP contribution in [0.2, 0.25) is 0 Å². The Morgan fingerprint density at radius 3 is 2.46 bits per heavy atom. The van der Waals surface area contributed by atoms with Gasteiger partial charge in [-0.3, -0.25) is 0 Å². The van der Waals surface area contributed by atoms with Gasteiger partial charge in [0.2, 0.25) is 0 Å². The minimum absolute atomic E-state index is 0.189. The number of nitrogens with one attached hydrogen (secondary N) is 2. The van der Waals surface area contributed by atoms with Crippen molar-refractivity contribution in [1.82, 2.24) is 14.9 Å². The summed E-state index contributed by atoms with van der Waals surface area (Å²) in [6.07, 6.45) is 0.927. The van der Waals surface area contributed by atoms with E-state index in [4.69, 9.17) is 0 Å². The molecule has 130 valence electrons. The molecule has 24 heavy (non-hydrogen) atoms. The topological polar surface area (TPSA) is 53.1 Å². The molecule has 0 bridgehead atoms. The van der Waals surface area contributed by atoms with Gasteiger partial charge in [-0.15, -0.1) is 0 Å². The van der Waals surface area contributed by atoms with Crippen LogP contribution in [-0.4, -0.2) is 42.1 Å². The van der Waals surface area contributed by atoms with Gasteiger partial charge < -0.3 is 15.5 Å². The minimum atomic E-state index is -1.52. The summed E-state index contributed by atoms with van der Waals surface area (Å²) < 4.78 is 40.0. The normalized spacial score (nSPS) is 11.0. The molecule has 0 aliphatic rings. The Morgan fingerprint density at radius 1 is 1.04 bits per heavy atom. The van der Waals surface area contributed by atoms with Gasteiger partial charge in [0.1, 0.15) is 17.5 Å². The SMILES string of the molecule is Cc1nc(NCCCN(C)C)cc(Nc2ccc(F)c(F)c2F)n1. The minimum Gasteiger partial charge on any atom is -0.370 e. The van der Waals surface area contributed by atoms with Gasteiger partial charge in [0.25, 0.3) is 0 Å². The third-order valence-electron chi connectivity index (χ3n) is 3.22. The summed E-state index contributed by atoms with van der Waals surface area (Å²) in [5.41, 5.74) is -0.189. The van der Waals surface area contributed by atoms with E-state index in [2.05, 4.69) is 25.5 Å². The standard InChI is InChI=1S/C16H20F3N5/c1-10-21-13(20-7-4-8-24(2)3)9-14(22-10)23-12-6-5-11(17)15(18)16(12)19/h5-6,9H,4,7-8H2,1-3H3,(H2,20,21,22,23). The fourth-order valence-electron chi connectivity index (χ4n) is 2.09. The summed E-state index contributed by atoms with van der Waals surface area (Å²) in [7, 11) is 3.99. The van der Waals surface area contributed by atoms with Gasteiger partial charge in [-0.1, -0.05) is 0 Å². The van der Waals surface area contributed by atoms with Crippen molar-refractivity contribution in [3.8, 4) is 0 Å². The first-order valence-electron chi connectivity index (χ1n) is 7.51. The average Bonchev–Trinajstić information content (AvgIpc) is 2.51. The number of aromatic nitrogens is 2. The molecule has 0 fully saturated rings. The second kappa shape index (κ2) is 7.96. The first-order chi connectivity index (χ1) is 11.4. The molecule has 5 nitrogen and oxygen atoms in total. The summed E-state index contributed by atoms with van der Waals surface area (Å²) >= 11 is 0. The molecule has 0 aliphatic heterocycles. The van der Waals surface area contributed by atoms with Crippen LogP contribution in [0.25, 0.3) is 0 Å². The highest BCUT2D eigenvalue weighted by Gasteiger charge is 2.14. The molecule has 1 aromatic heterocycles.